The van der Waals surface area contributed by atoms with Gasteiger partial charge in [-0.05, 0) is 55.0 Å². The van der Waals surface area contributed by atoms with E-state index in [4.69, 9.17) is 0 Å². The summed E-state index contributed by atoms with van der Waals surface area (Å²) in [4.78, 5) is 16.2. The molecule has 2 N–H and O–H groups in total. The Morgan fingerprint density at radius 3 is 2.80 bits per heavy atom. The first-order valence-corrected chi connectivity index (χ1v) is 9.89. The van der Waals surface area contributed by atoms with Gasteiger partial charge < -0.3 is 10.4 Å². The number of aliphatic carboxylic acids is 1. The van der Waals surface area contributed by atoms with Gasteiger partial charge in [-0.15, -0.1) is 0 Å². The fourth-order valence-electron chi connectivity index (χ4n) is 3.35. The molecule has 3 rings (SSSR count). The molecule has 0 spiro atoms. The van der Waals surface area contributed by atoms with Crippen LogP contribution in [0.25, 0.3) is 10.8 Å². The number of rotatable bonds is 5. The smallest absolute Gasteiger partial charge is 0.328 e. The minimum atomic E-state index is -0.867. The van der Waals surface area contributed by atoms with Gasteiger partial charge in [-0.2, -0.15) is 11.8 Å². The molecule has 0 radical (unpaired) electrons. The van der Waals surface area contributed by atoms with E-state index in [9.17, 15) is 9.90 Å². The fraction of sp³-hybridized carbons (Fsp3) is 0.400. The number of thioether (sulfide) groups is 1. The Morgan fingerprint density at radius 1 is 1.32 bits per heavy atom. The van der Waals surface area contributed by atoms with E-state index in [-0.39, 0.29) is 5.54 Å². The first-order chi connectivity index (χ1) is 11.9. The van der Waals surface area contributed by atoms with Gasteiger partial charge in [-0.1, -0.05) is 36.4 Å². The van der Waals surface area contributed by atoms with Crippen molar-refractivity contribution in [2.45, 2.75) is 38.3 Å². The zero-order valence-electron chi connectivity index (χ0n) is 14.9. The van der Waals surface area contributed by atoms with Crippen molar-refractivity contribution in [3.63, 3.8) is 0 Å². The quantitative estimate of drug-likeness (QED) is 0.857. The third-order valence-corrected chi connectivity index (χ3v) is 5.18. The topological polar surface area (TPSA) is 61.7 Å². The lowest BCUT2D eigenvalue weighted by molar-refractivity contribution is -0.138. The second-order valence-electron chi connectivity index (χ2n) is 7.11. The van der Waals surface area contributed by atoms with Crippen molar-refractivity contribution in [2.24, 2.45) is 4.99 Å². The van der Waals surface area contributed by atoms with Crippen molar-refractivity contribution in [1.29, 1.82) is 0 Å². The Kier molecular flexibility index (Phi) is 5.04. The van der Waals surface area contributed by atoms with E-state index in [0.717, 1.165) is 17.7 Å². The molecule has 2 aromatic carbocycles. The molecule has 1 unspecified atom stereocenters. The number of amidine groups is 1. The van der Waals surface area contributed by atoms with Gasteiger partial charge in [0, 0.05) is 11.1 Å². The second kappa shape index (κ2) is 7.08. The van der Waals surface area contributed by atoms with Crippen LogP contribution in [0.5, 0.6) is 0 Å². The molecule has 0 aliphatic carbocycles. The van der Waals surface area contributed by atoms with E-state index in [2.05, 4.69) is 48.4 Å². The van der Waals surface area contributed by atoms with Crippen molar-refractivity contribution in [3.05, 3.63) is 47.5 Å². The van der Waals surface area contributed by atoms with Gasteiger partial charge in [0.1, 0.15) is 5.84 Å². The molecule has 25 heavy (non-hydrogen) atoms. The molecule has 4 nitrogen and oxygen atoms in total. The maximum Gasteiger partial charge on any atom is 0.328 e. The SMILES string of the molecule is CSCCC(N=C1NC(C)(C)Cc2c1ccc1ccccc21)C(=O)O. The lowest BCUT2D eigenvalue weighted by Gasteiger charge is -2.35. The average molecular weight is 356 g/mol. The maximum atomic E-state index is 11.6. The summed E-state index contributed by atoms with van der Waals surface area (Å²) >= 11 is 1.64. The Balaban J connectivity index is 2.11. The molecule has 0 bridgehead atoms. The number of carbonyl (C=O) groups is 1. The summed E-state index contributed by atoms with van der Waals surface area (Å²) in [6, 6.07) is 11.8. The lowest BCUT2D eigenvalue weighted by atomic mass is 9.84. The standard InChI is InChI=1S/C20H24N2O2S/c1-20(2)12-16-14-7-5-4-6-13(14)8-9-15(16)18(22-20)21-17(19(23)24)10-11-25-3/h4-9,17H,10-12H2,1-3H3,(H,21,22)(H,23,24). The summed E-state index contributed by atoms with van der Waals surface area (Å²) in [5.74, 6) is 0.612. The van der Waals surface area contributed by atoms with Crippen LogP contribution in [0.4, 0.5) is 0 Å². The monoisotopic (exact) mass is 356 g/mol. The predicted molar refractivity (Wildman–Crippen MR) is 106 cm³/mol. The van der Waals surface area contributed by atoms with E-state index < -0.39 is 12.0 Å². The van der Waals surface area contributed by atoms with Crippen LogP contribution in [0.2, 0.25) is 0 Å². The molecular formula is C20H24N2O2S. The number of carboxylic acid groups (broad SMARTS) is 1. The molecule has 5 heteroatoms. The number of benzene rings is 2. The molecule has 132 valence electrons. The summed E-state index contributed by atoms with van der Waals surface area (Å²) in [6.07, 6.45) is 3.39. The van der Waals surface area contributed by atoms with Crippen molar-refractivity contribution in [1.82, 2.24) is 5.32 Å². The van der Waals surface area contributed by atoms with Gasteiger partial charge in [0.25, 0.3) is 0 Å². The average Bonchev–Trinajstić information content (AvgIpc) is 2.57. The van der Waals surface area contributed by atoms with Gasteiger partial charge in [0.15, 0.2) is 6.04 Å². The van der Waals surface area contributed by atoms with Crippen LogP contribution in [-0.4, -0.2) is 40.5 Å². The molecule has 0 amide bonds. The highest BCUT2D eigenvalue weighted by Gasteiger charge is 2.31. The zero-order valence-corrected chi connectivity index (χ0v) is 15.7. The van der Waals surface area contributed by atoms with Crippen LogP contribution in [0, 0.1) is 0 Å². The largest absolute Gasteiger partial charge is 0.480 e. The Morgan fingerprint density at radius 2 is 2.08 bits per heavy atom. The molecule has 2 aromatic rings. The van der Waals surface area contributed by atoms with E-state index in [1.54, 1.807) is 11.8 Å². The highest BCUT2D eigenvalue weighted by Crippen LogP contribution is 2.30. The summed E-state index contributed by atoms with van der Waals surface area (Å²) in [5.41, 5.74) is 2.10. The molecule has 1 aliphatic rings. The molecule has 0 aromatic heterocycles. The number of carboxylic acids is 1. The molecule has 0 fully saturated rings. The fourth-order valence-corrected chi connectivity index (χ4v) is 3.81. The van der Waals surface area contributed by atoms with Crippen molar-refractivity contribution < 1.29 is 9.90 Å². The van der Waals surface area contributed by atoms with Gasteiger partial charge in [0.05, 0.1) is 0 Å². The first-order valence-electron chi connectivity index (χ1n) is 8.50. The van der Waals surface area contributed by atoms with Gasteiger partial charge in [-0.25, -0.2) is 4.79 Å². The number of fused-ring (bicyclic) bond motifs is 3. The van der Waals surface area contributed by atoms with E-state index in [0.29, 0.717) is 12.3 Å². The number of aliphatic imine (C=N–C) groups is 1. The van der Waals surface area contributed by atoms with E-state index >= 15 is 0 Å². The minimum Gasteiger partial charge on any atom is -0.480 e. The van der Waals surface area contributed by atoms with Crippen molar-refractivity contribution in [2.75, 3.05) is 12.0 Å². The summed E-state index contributed by atoms with van der Waals surface area (Å²) in [5, 5.41) is 15.4. The van der Waals surface area contributed by atoms with Crippen LogP contribution >= 0.6 is 11.8 Å². The zero-order chi connectivity index (χ0) is 18.0. The van der Waals surface area contributed by atoms with Crippen molar-refractivity contribution in [3.8, 4) is 0 Å². The first kappa shape index (κ1) is 17.8. The molecule has 0 saturated heterocycles. The van der Waals surface area contributed by atoms with Crippen LogP contribution < -0.4 is 5.32 Å². The Labute approximate surface area is 152 Å². The molecule has 1 aliphatic heterocycles. The number of hydrogen-bond acceptors (Lipinski definition) is 3. The highest BCUT2D eigenvalue weighted by atomic mass is 32.2. The number of hydrogen-bond donors (Lipinski definition) is 2. The molecule has 0 saturated carbocycles. The molecular weight excluding hydrogens is 332 g/mol. The normalized spacial score (nSPS) is 18.6. The third kappa shape index (κ3) is 3.82. The number of nitrogens with one attached hydrogen (secondary N) is 1. The van der Waals surface area contributed by atoms with Gasteiger partial charge >= 0.3 is 5.97 Å². The predicted octanol–water partition coefficient (Wildman–Crippen LogP) is 3.72. The Bertz CT molecular complexity index is 830. The Hall–Kier alpha value is -2.01. The van der Waals surface area contributed by atoms with E-state index in [1.165, 1.54) is 16.3 Å². The lowest BCUT2D eigenvalue weighted by Crippen LogP contribution is -2.50. The van der Waals surface area contributed by atoms with Gasteiger partial charge in [0.2, 0.25) is 0 Å². The number of nitrogens with zero attached hydrogens (tertiary/aromatic N) is 1. The third-order valence-electron chi connectivity index (χ3n) is 4.54. The maximum absolute atomic E-state index is 11.6. The minimum absolute atomic E-state index is 0.168. The van der Waals surface area contributed by atoms with Crippen molar-refractivity contribution >= 4 is 34.3 Å². The highest BCUT2D eigenvalue weighted by molar-refractivity contribution is 7.98. The second-order valence-corrected chi connectivity index (χ2v) is 8.10. The summed E-state index contributed by atoms with van der Waals surface area (Å²) in [6.45, 7) is 4.26. The summed E-state index contributed by atoms with van der Waals surface area (Å²) in [7, 11) is 0. The molecule has 1 heterocycles. The summed E-state index contributed by atoms with van der Waals surface area (Å²) < 4.78 is 0. The van der Waals surface area contributed by atoms with Crippen LogP contribution in [0.15, 0.2) is 41.4 Å². The van der Waals surface area contributed by atoms with E-state index in [1.807, 2.05) is 18.4 Å². The molecule has 1 atom stereocenters. The van der Waals surface area contributed by atoms with Crippen LogP contribution in [-0.2, 0) is 11.2 Å². The van der Waals surface area contributed by atoms with Gasteiger partial charge in [-0.3, -0.25) is 4.99 Å². The van der Waals surface area contributed by atoms with Crippen LogP contribution in [0.1, 0.15) is 31.4 Å². The van der Waals surface area contributed by atoms with Crippen LogP contribution in [0.3, 0.4) is 0 Å².